The summed E-state index contributed by atoms with van der Waals surface area (Å²) in [7, 11) is 0. The van der Waals surface area contributed by atoms with Crippen LogP contribution in [0.3, 0.4) is 0 Å². The number of rotatable bonds is 3. The van der Waals surface area contributed by atoms with E-state index in [1.54, 1.807) is 12.1 Å². The van der Waals surface area contributed by atoms with Crippen molar-refractivity contribution in [2.45, 2.75) is 19.4 Å². The van der Waals surface area contributed by atoms with E-state index in [2.05, 4.69) is 11.6 Å². The van der Waals surface area contributed by atoms with E-state index in [9.17, 15) is 0 Å². The molecular formula is C10H12Cl2N2. The Morgan fingerprint density at radius 3 is 2.71 bits per heavy atom. The van der Waals surface area contributed by atoms with Crippen LogP contribution < -0.4 is 5.73 Å². The molecule has 1 aromatic rings. The average Bonchev–Trinajstić information content (AvgIpc) is 2.01. The van der Waals surface area contributed by atoms with Crippen LogP contribution in [0.15, 0.2) is 24.3 Å². The van der Waals surface area contributed by atoms with Gasteiger partial charge in [0.15, 0.2) is 0 Å². The quantitative estimate of drug-likeness (QED) is 0.639. The number of halogens is 2. The molecular weight excluding hydrogens is 219 g/mol. The van der Waals surface area contributed by atoms with Crippen LogP contribution in [0, 0.1) is 0 Å². The van der Waals surface area contributed by atoms with Crippen LogP contribution in [-0.2, 0) is 0 Å². The molecule has 2 nitrogen and oxygen atoms in total. The molecule has 0 radical (unpaired) electrons. The van der Waals surface area contributed by atoms with Crippen molar-refractivity contribution in [3.8, 4) is 0 Å². The molecule has 2 N–H and O–H groups in total. The van der Waals surface area contributed by atoms with Crippen LogP contribution in [0.1, 0.15) is 24.9 Å². The van der Waals surface area contributed by atoms with Crippen LogP contribution in [0.2, 0.25) is 10.3 Å². The summed E-state index contributed by atoms with van der Waals surface area (Å²) < 4.78 is 0. The zero-order valence-electron chi connectivity index (χ0n) is 7.93. The van der Waals surface area contributed by atoms with Crippen molar-refractivity contribution in [2.75, 3.05) is 0 Å². The minimum atomic E-state index is -0.162. The summed E-state index contributed by atoms with van der Waals surface area (Å²) in [4.78, 5) is 3.92. The first-order chi connectivity index (χ1) is 6.50. The van der Waals surface area contributed by atoms with Crippen molar-refractivity contribution in [2.24, 2.45) is 5.73 Å². The zero-order valence-corrected chi connectivity index (χ0v) is 9.44. The van der Waals surface area contributed by atoms with E-state index in [0.29, 0.717) is 16.7 Å². The maximum Gasteiger partial charge on any atom is 0.135 e. The van der Waals surface area contributed by atoms with E-state index >= 15 is 0 Å². The van der Waals surface area contributed by atoms with Gasteiger partial charge in [-0.25, -0.2) is 4.98 Å². The lowest BCUT2D eigenvalue weighted by Crippen LogP contribution is -2.11. The third kappa shape index (κ3) is 2.98. The lowest BCUT2D eigenvalue weighted by Gasteiger charge is -2.12. The summed E-state index contributed by atoms with van der Waals surface area (Å²) >= 11 is 11.6. The van der Waals surface area contributed by atoms with Crippen molar-refractivity contribution >= 4 is 23.2 Å². The van der Waals surface area contributed by atoms with E-state index in [1.807, 2.05) is 6.92 Å². The third-order valence-electron chi connectivity index (χ3n) is 1.81. The lowest BCUT2D eigenvalue weighted by atomic mass is 10.0. The van der Waals surface area contributed by atoms with E-state index in [1.165, 1.54) is 0 Å². The molecule has 0 bridgehead atoms. The number of aromatic nitrogens is 1. The molecule has 1 heterocycles. The van der Waals surface area contributed by atoms with E-state index in [-0.39, 0.29) is 6.04 Å². The second-order valence-corrected chi connectivity index (χ2v) is 4.03. The first-order valence-electron chi connectivity index (χ1n) is 4.22. The van der Waals surface area contributed by atoms with Gasteiger partial charge in [-0.1, -0.05) is 34.8 Å². The fourth-order valence-corrected chi connectivity index (χ4v) is 1.67. The average molecular weight is 231 g/mol. The Labute approximate surface area is 93.7 Å². The number of pyridine rings is 1. The highest BCUT2D eigenvalue weighted by molar-refractivity contribution is 6.32. The molecule has 0 aromatic carbocycles. The predicted octanol–water partition coefficient (Wildman–Crippen LogP) is 3.35. The molecule has 0 aliphatic heterocycles. The highest BCUT2D eigenvalue weighted by atomic mass is 35.5. The van der Waals surface area contributed by atoms with Gasteiger partial charge in [-0.05, 0) is 19.4 Å². The molecule has 1 rings (SSSR count). The van der Waals surface area contributed by atoms with Gasteiger partial charge < -0.3 is 5.73 Å². The number of nitrogens with two attached hydrogens (primary N) is 1. The topological polar surface area (TPSA) is 38.9 Å². The largest absolute Gasteiger partial charge is 0.324 e. The van der Waals surface area contributed by atoms with Crippen molar-refractivity contribution in [1.82, 2.24) is 4.98 Å². The zero-order chi connectivity index (χ0) is 10.7. The van der Waals surface area contributed by atoms with Gasteiger partial charge in [0.05, 0.1) is 0 Å². The SMILES string of the molecule is C=C(C)C[C@@H](N)c1ccc(Cl)nc1Cl. The lowest BCUT2D eigenvalue weighted by molar-refractivity contribution is 0.714. The molecule has 0 aliphatic carbocycles. The van der Waals surface area contributed by atoms with Gasteiger partial charge in [0, 0.05) is 11.6 Å². The Morgan fingerprint density at radius 2 is 2.21 bits per heavy atom. The van der Waals surface area contributed by atoms with Gasteiger partial charge in [0.25, 0.3) is 0 Å². The van der Waals surface area contributed by atoms with Crippen molar-refractivity contribution in [3.05, 3.63) is 40.2 Å². The number of hydrogen-bond donors (Lipinski definition) is 1. The van der Waals surface area contributed by atoms with Crippen LogP contribution in [0.5, 0.6) is 0 Å². The number of hydrogen-bond acceptors (Lipinski definition) is 2. The normalized spacial score (nSPS) is 12.6. The number of nitrogens with zero attached hydrogens (tertiary/aromatic N) is 1. The molecule has 0 amide bonds. The van der Waals surface area contributed by atoms with Crippen LogP contribution in [0.4, 0.5) is 0 Å². The second kappa shape index (κ2) is 4.78. The van der Waals surface area contributed by atoms with Crippen LogP contribution in [0.25, 0.3) is 0 Å². The van der Waals surface area contributed by atoms with Gasteiger partial charge in [-0.2, -0.15) is 0 Å². The van der Waals surface area contributed by atoms with Gasteiger partial charge in [-0.3, -0.25) is 0 Å². The first kappa shape index (κ1) is 11.5. The van der Waals surface area contributed by atoms with Gasteiger partial charge in [-0.15, -0.1) is 6.58 Å². The van der Waals surface area contributed by atoms with Crippen LogP contribution in [-0.4, -0.2) is 4.98 Å². The standard InChI is InChI=1S/C10H12Cl2N2/c1-6(2)5-8(13)7-3-4-9(11)14-10(7)12/h3-4,8H,1,5,13H2,2H3/t8-/m1/s1. The molecule has 0 aliphatic rings. The minimum Gasteiger partial charge on any atom is -0.324 e. The van der Waals surface area contributed by atoms with Crippen molar-refractivity contribution in [1.29, 1.82) is 0 Å². The summed E-state index contributed by atoms with van der Waals surface area (Å²) in [6, 6.07) is 3.32. The van der Waals surface area contributed by atoms with Gasteiger partial charge >= 0.3 is 0 Å². The predicted molar refractivity (Wildman–Crippen MR) is 60.6 cm³/mol. The first-order valence-corrected chi connectivity index (χ1v) is 4.98. The smallest absolute Gasteiger partial charge is 0.135 e. The maximum atomic E-state index is 5.92. The Balaban J connectivity index is 2.90. The second-order valence-electron chi connectivity index (χ2n) is 3.28. The molecule has 14 heavy (non-hydrogen) atoms. The fourth-order valence-electron chi connectivity index (χ4n) is 1.18. The Bertz CT molecular complexity index is 350. The monoisotopic (exact) mass is 230 g/mol. The third-order valence-corrected chi connectivity index (χ3v) is 2.32. The summed E-state index contributed by atoms with van der Waals surface area (Å²) in [5.74, 6) is 0. The Hall–Kier alpha value is -0.570. The van der Waals surface area contributed by atoms with Gasteiger partial charge in [0.1, 0.15) is 10.3 Å². The molecule has 4 heteroatoms. The summed E-state index contributed by atoms with van der Waals surface area (Å²) in [5.41, 5.74) is 7.74. The van der Waals surface area contributed by atoms with E-state index < -0.39 is 0 Å². The van der Waals surface area contributed by atoms with E-state index in [4.69, 9.17) is 28.9 Å². The maximum absolute atomic E-state index is 5.92. The molecule has 1 aromatic heterocycles. The Kier molecular flexibility index (Phi) is 3.93. The molecule has 0 fully saturated rings. The van der Waals surface area contributed by atoms with Crippen molar-refractivity contribution in [3.63, 3.8) is 0 Å². The molecule has 76 valence electrons. The Morgan fingerprint density at radius 1 is 1.57 bits per heavy atom. The van der Waals surface area contributed by atoms with Crippen molar-refractivity contribution < 1.29 is 0 Å². The highest BCUT2D eigenvalue weighted by Gasteiger charge is 2.11. The fraction of sp³-hybridized carbons (Fsp3) is 0.300. The summed E-state index contributed by atoms with van der Waals surface area (Å²) in [6.07, 6.45) is 0.697. The minimum absolute atomic E-state index is 0.162. The summed E-state index contributed by atoms with van der Waals surface area (Å²) in [5, 5.41) is 0.743. The summed E-state index contributed by atoms with van der Waals surface area (Å²) in [6.45, 7) is 5.73. The molecule has 0 spiro atoms. The molecule has 1 atom stereocenters. The van der Waals surface area contributed by atoms with Gasteiger partial charge in [0.2, 0.25) is 0 Å². The molecule has 0 saturated heterocycles. The molecule has 0 unspecified atom stereocenters. The highest BCUT2D eigenvalue weighted by Crippen LogP contribution is 2.25. The molecule has 0 saturated carbocycles. The van der Waals surface area contributed by atoms with E-state index in [0.717, 1.165) is 11.1 Å². The van der Waals surface area contributed by atoms with Crippen LogP contribution >= 0.6 is 23.2 Å².